The smallest absolute Gasteiger partial charge is 0.165 e. The Labute approximate surface area is 175 Å². The number of hydrazine groups is 1. The summed E-state index contributed by atoms with van der Waals surface area (Å²) in [6, 6.07) is 17.3. The summed E-state index contributed by atoms with van der Waals surface area (Å²) in [5.41, 5.74) is 19.7. The van der Waals surface area contributed by atoms with Gasteiger partial charge < -0.3 is 22.2 Å². The lowest BCUT2D eigenvalue weighted by atomic mass is 9.87. The molecule has 0 saturated heterocycles. The summed E-state index contributed by atoms with van der Waals surface area (Å²) in [4.78, 5) is 4.17. The maximum Gasteiger partial charge on any atom is 0.165 e. The molecule has 7 heteroatoms. The molecule has 6 nitrogen and oxygen atoms in total. The second-order valence-electron chi connectivity index (χ2n) is 7.68. The number of hydrogen-bond acceptors (Lipinski definition) is 6. The molecule has 0 radical (unpaired) electrons. The number of nitrogen functional groups attached to an aromatic ring is 3. The van der Waals surface area contributed by atoms with Crippen molar-refractivity contribution < 1.29 is 4.39 Å². The molecule has 1 heterocycles. The van der Waals surface area contributed by atoms with Gasteiger partial charge in [-0.15, -0.1) is 0 Å². The summed E-state index contributed by atoms with van der Waals surface area (Å²) < 4.78 is 13.5. The molecule has 156 valence electrons. The number of halogens is 1. The van der Waals surface area contributed by atoms with E-state index in [0.717, 1.165) is 42.5 Å². The van der Waals surface area contributed by atoms with Gasteiger partial charge in [-0.25, -0.2) is 15.2 Å². The molecule has 8 N–H and O–H groups in total. The Morgan fingerprint density at radius 2 is 1.90 bits per heavy atom. The van der Waals surface area contributed by atoms with E-state index in [9.17, 15) is 4.39 Å². The summed E-state index contributed by atoms with van der Waals surface area (Å²) in [6.07, 6.45) is 2.68. The number of benzene rings is 2. The average molecular weight is 407 g/mol. The third-order valence-corrected chi connectivity index (χ3v) is 5.83. The predicted molar refractivity (Wildman–Crippen MR) is 119 cm³/mol. The highest BCUT2D eigenvalue weighted by Gasteiger charge is 2.24. The van der Waals surface area contributed by atoms with Crippen molar-refractivity contribution in [1.82, 2.24) is 10.3 Å². The molecule has 30 heavy (non-hydrogen) atoms. The van der Waals surface area contributed by atoms with Crippen LogP contribution in [0.3, 0.4) is 0 Å². The molecule has 3 aromatic rings. The zero-order chi connectivity index (χ0) is 21.1. The minimum atomic E-state index is -0.173. The molecule has 0 spiro atoms. The standard InChI is InChI=1S/C23H27FN6/c24-16-7-8-18-15(12-16)6-9-20(18)28-11-10-17(14-4-2-1-3-5-14)19-13-21(25)29-23(30-27)22(19)26/h1-5,7-8,12-13,17,20,28H,6,9-11,26-27H2,(H3,25,29,30). The van der Waals surface area contributed by atoms with Crippen molar-refractivity contribution in [2.75, 3.05) is 23.4 Å². The van der Waals surface area contributed by atoms with Gasteiger partial charge in [0.05, 0.1) is 5.69 Å². The number of anilines is 3. The van der Waals surface area contributed by atoms with Crippen molar-refractivity contribution >= 4 is 17.3 Å². The zero-order valence-electron chi connectivity index (χ0n) is 16.7. The zero-order valence-corrected chi connectivity index (χ0v) is 16.7. The SMILES string of the molecule is NNc1nc(N)cc(C(CCNC2CCc3cc(F)ccc32)c2ccccc2)c1N. The Morgan fingerprint density at radius 3 is 2.67 bits per heavy atom. The molecule has 2 unspecified atom stereocenters. The van der Waals surface area contributed by atoms with E-state index in [1.165, 1.54) is 11.6 Å². The predicted octanol–water partition coefficient (Wildman–Crippen LogP) is 3.47. The fraction of sp³-hybridized carbons (Fsp3) is 0.261. The molecule has 0 amide bonds. The van der Waals surface area contributed by atoms with Crippen molar-refractivity contribution in [3.63, 3.8) is 0 Å². The Kier molecular flexibility index (Phi) is 5.83. The van der Waals surface area contributed by atoms with Crippen LogP contribution in [-0.2, 0) is 6.42 Å². The lowest BCUT2D eigenvalue weighted by Gasteiger charge is -2.23. The number of nitrogens with zero attached hydrogens (tertiary/aromatic N) is 1. The number of rotatable bonds is 7. The van der Waals surface area contributed by atoms with Gasteiger partial charge in [0.25, 0.3) is 0 Å². The van der Waals surface area contributed by atoms with E-state index in [4.69, 9.17) is 17.3 Å². The third-order valence-electron chi connectivity index (χ3n) is 5.83. The van der Waals surface area contributed by atoms with Crippen LogP contribution in [0.1, 0.15) is 47.1 Å². The van der Waals surface area contributed by atoms with Crippen molar-refractivity contribution in [2.45, 2.75) is 31.2 Å². The average Bonchev–Trinajstić information content (AvgIpc) is 3.15. The number of fused-ring (bicyclic) bond motifs is 1. The third kappa shape index (κ3) is 4.08. The summed E-state index contributed by atoms with van der Waals surface area (Å²) in [7, 11) is 0. The summed E-state index contributed by atoms with van der Waals surface area (Å²) in [6.45, 7) is 0.772. The van der Waals surface area contributed by atoms with Crippen LogP contribution in [0.2, 0.25) is 0 Å². The van der Waals surface area contributed by atoms with Crippen molar-refractivity contribution in [1.29, 1.82) is 0 Å². The first-order chi connectivity index (χ1) is 14.6. The Morgan fingerprint density at radius 1 is 1.10 bits per heavy atom. The summed E-state index contributed by atoms with van der Waals surface area (Å²) in [5, 5.41) is 3.64. The van der Waals surface area contributed by atoms with Crippen LogP contribution in [0.25, 0.3) is 0 Å². The maximum absolute atomic E-state index is 13.5. The highest BCUT2D eigenvalue weighted by atomic mass is 19.1. The first kappa shape index (κ1) is 20.1. The Balaban J connectivity index is 1.55. The van der Waals surface area contributed by atoms with Gasteiger partial charge in [-0.1, -0.05) is 36.4 Å². The molecule has 0 saturated carbocycles. The van der Waals surface area contributed by atoms with Crippen LogP contribution in [0, 0.1) is 5.82 Å². The van der Waals surface area contributed by atoms with Gasteiger partial charge in [0.1, 0.15) is 11.6 Å². The number of nitrogens with one attached hydrogen (secondary N) is 2. The molecule has 2 atom stereocenters. The number of hydrogen-bond donors (Lipinski definition) is 5. The first-order valence-electron chi connectivity index (χ1n) is 10.2. The van der Waals surface area contributed by atoms with E-state index < -0.39 is 0 Å². The van der Waals surface area contributed by atoms with E-state index >= 15 is 0 Å². The molecule has 1 aliphatic carbocycles. The highest BCUT2D eigenvalue weighted by molar-refractivity contribution is 5.70. The molecule has 4 rings (SSSR count). The van der Waals surface area contributed by atoms with Gasteiger partial charge in [-0.3, -0.25) is 0 Å². The van der Waals surface area contributed by atoms with Crippen LogP contribution in [0.15, 0.2) is 54.6 Å². The van der Waals surface area contributed by atoms with E-state index in [0.29, 0.717) is 17.3 Å². The summed E-state index contributed by atoms with van der Waals surface area (Å²) in [5.74, 6) is 6.19. The van der Waals surface area contributed by atoms with Crippen molar-refractivity contribution in [3.05, 3.63) is 82.7 Å². The maximum atomic E-state index is 13.5. The van der Waals surface area contributed by atoms with Gasteiger partial charge in [-0.2, -0.15) is 0 Å². The second kappa shape index (κ2) is 8.69. The lowest BCUT2D eigenvalue weighted by molar-refractivity contribution is 0.508. The molecular formula is C23H27FN6. The van der Waals surface area contributed by atoms with E-state index in [1.54, 1.807) is 6.07 Å². The largest absolute Gasteiger partial charge is 0.395 e. The van der Waals surface area contributed by atoms with Crippen LogP contribution in [0.4, 0.5) is 21.7 Å². The lowest BCUT2D eigenvalue weighted by Crippen LogP contribution is -2.23. The molecular weight excluding hydrogens is 379 g/mol. The van der Waals surface area contributed by atoms with Crippen LogP contribution >= 0.6 is 0 Å². The van der Waals surface area contributed by atoms with E-state index in [2.05, 4.69) is 27.9 Å². The normalized spacial score (nSPS) is 16.3. The number of nitrogens with two attached hydrogens (primary N) is 3. The molecule has 2 aromatic carbocycles. The fourth-order valence-electron chi connectivity index (χ4n) is 4.38. The first-order valence-corrected chi connectivity index (χ1v) is 10.2. The Hall–Kier alpha value is -3.16. The van der Waals surface area contributed by atoms with Gasteiger partial charge in [0.15, 0.2) is 5.82 Å². The highest BCUT2D eigenvalue weighted by Crippen LogP contribution is 2.36. The van der Waals surface area contributed by atoms with Crippen LogP contribution in [0.5, 0.6) is 0 Å². The number of aryl methyl sites for hydroxylation is 1. The number of pyridine rings is 1. The molecule has 1 aromatic heterocycles. The van der Waals surface area contributed by atoms with Crippen LogP contribution < -0.4 is 28.1 Å². The van der Waals surface area contributed by atoms with Gasteiger partial charge in [0, 0.05) is 12.0 Å². The van der Waals surface area contributed by atoms with E-state index in [-0.39, 0.29) is 17.8 Å². The minimum absolute atomic E-state index is 0.0326. The molecule has 1 aliphatic rings. The minimum Gasteiger partial charge on any atom is -0.395 e. The summed E-state index contributed by atoms with van der Waals surface area (Å²) >= 11 is 0. The fourth-order valence-corrected chi connectivity index (χ4v) is 4.38. The van der Waals surface area contributed by atoms with Gasteiger partial charge in [-0.05, 0) is 66.3 Å². The molecule has 0 bridgehead atoms. The Bertz CT molecular complexity index is 1020. The van der Waals surface area contributed by atoms with Gasteiger partial charge in [0.2, 0.25) is 0 Å². The molecule has 0 aliphatic heterocycles. The van der Waals surface area contributed by atoms with Crippen molar-refractivity contribution in [2.24, 2.45) is 5.84 Å². The van der Waals surface area contributed by atoms with Crippen molar-refractivity contribution in [3.8, 4) is 0 Å². The second-order valence-corrected chi connectivity index (χ2v) is 7.68. The van der Waals surface area contributed by atoms with Gasteiger partial charge >= 0.3 is 0 Å². The van der Waals surface area contributed by atoms with E-state index in [1.807, 2.05) is 30.3 Å². The quantitative estimate of drug-likeness (QED) is 0.303. The molecule has 0 fully saturated rings. The number of aromatic nitrogens is 1. The monoisotopic (exact) mass is 406 g/mol. The topological polar surface area (TPSA) is 115 Å². The van der Waals surface area contributed by atoms with Crippen LogP contribution in [-0.4, -0.2) is 11.5 Å².